The summed E-state index contributed by atoms with van der Waals surface area (Å²) < 4.78 is 1.50. The maximum absolute atomic E-state index is 2.57. The summed E-state index contributed by atoms with van der Waals surface area (Å²) in [5.41, 5.74) is 15.4. The number of hydrogen-bond donors (Lipinski definition) is 0. The van der Waals surface area contributed by atoms with Gasteiger partial charge in [0.05, 0.1) is 0 Å². The maximum atomic E-state index is 2.57. The Morgan fingerprint density at radius 1 is 0.646 bits per heavy atom. The second-order valence-corrected chi connectivity index (χ2v) is 17.6. The molecule has 0 aromatic heterocycles. The van der Waals surface area contributed by atoms with E-state index in [4.69, 9.17) is 0 Å². The SMILES string of the molecule is CCC1C=C(C(C)(C)C)C=C1c1c(C(C)(C)C)c(=C(c2ccccc2)c2ccccc2)cc2c1=[C]([Zr+2])c1cc(C(C)(C)C)ccc1-2.[Cl-].[Cl-]. The fourth-order valence-corrected chi connectivity index (χ4v) is 8.53. The molecule has 2 aliphatic carbocycles. The molecular weight excluding hydrogens is 703 g/mol. The van der Waals surface area contributed by atoms with Crippen molar-refractivity contribution in [1.82, 2.24) is 0 Å². The van der Waals surface area contributed by atoms with Gasteiger partial charge in [0.1, 0.15) is 0 Å². The van der Waals surface area contributed by atoms with Crippen LogP contribution in [-0.2, 0) is 35.5 Å². The summed E-state index contributed by atoms with van der Waals surface area (Å²) in [5.74, 6) is 0.393. The number of rotatable bonds is 4. The minimum absolute atomic E-state index is 0. The summed E-state index contributed by atoms with van der Waals surface area (Å²) in [6.07, 6.45) is 6.23. The normalized spacial score (nSPS) is 15.6. The molecule has 1 unspecified atom stereocenters. The predicted octanol–water partition coefficient (Wildman–Crippen LogP) is 4.62. The van der Waals surface area contributed by atoms with Gasteiger partial charge >= 0.3 is 295 Å². The Balaban J connectivity index is 0.00000260. The van der Waals surface area contributed by atoms with Crippen molar-refractivity contribution in [1.29, 1.82) is 0 Å². The third-order valence-electron chi connectivity index (χ3n) is 9.85. The molecule has 0 saturated carbocycles. The zero-order chi connectivity index (χ0) is 33.2. The largest absolute Gasteiger partial charge is 1.00 e. The van der Waals surface area contributed by atoms with Crippen LogP contribution >= 0.6 is 0 Å². The van der Waals surface area contributed by atoms with Crippen LogP contribution in [0.1, 0.15) is 109 Å². The Hall–Kier alpha value is -2.44. The topological polar surface area (TPSA) is 0 Å². The quantitative estimate of drug-likeness (QED) is 0.286. The molecule has 0 radical (unpaired) electrons. The van der Waals surface area contributed by atoms with Gasteiger partial charge in [0, 0.05) is 0 Å². The first kappa shape index (κ1) is 38.4. The summed E-state index contributed by atoms with van der Waals surface area (Å²) in [6, 6.07) is 32.0. The third-order valence-corrected chi connectivity index (χ3v) is 11.1. The number of allylic oxidation sites excluding steroid dienone is 4. The molecule has 0 amide bonds. The van der Waals surface area contributed by atoms with Gasteiger partial charge in [-0.05, 0) is 0 Å². The van der Waals surface area contributed by atoms with Gasteiger partial charge in [-0.15, -0.1) is 0 Å². The predicted molar refractivity (Wildman–Crippen MR) is 195 cm³/mol. The second-order valence-electron chi connectivity index (χ2n) is 16.3. The average Bonchev–Trinajstić information content (AvgIpc) is 3.56. The molecule has 1 atom stereocenters. The van der Waals surface area contributed by atoms with E-state index in [9.17, 15) is 0 Å². The van der Waals surface area contributed by atoms with Crippen LogP contribution in [0.4, 0.5) is 0 Å². The summed E-state index contributed by atoms with van der Waals surface area (Å²) in [6.45, 7) is 23.7. The molecule has 0 N–H and O–H groups in total. The van der Waals surface area contributed by atoms with Gasteiger partial charge in [0.25, 0.3) is 0 Å². The van der Waals surface area contributed by atoms with Gasteiger partial charge in [-0.25, -0.2) is 0 Å². The van der Waals surface area contributed by atoms with Crippen molar-refractivity contribution in [2.24, 2.45) is 11.3 Å². The van der Waals surface area contributed by atoms with E-state index in [2.05, 4.69) is 166 Å². The molecule has 6 rings (SSSR count). The van der Waals surface area contributed by atoms with Gasteiger partial charge < -0.3 is 24.8 Å². The molecule has 3 heteroatoms. The molecule has 0 bridgehead atoms. The van der Waals surface area contributed by atoms with Crippen molar-refractivity contribution in [3.05, 3.63) is 146 Å². The second kappa shape index (κ2) is 14.1. The van der Waals surface area contributed by atoms with Crippen molar-refractivity contribution in [3.8, 4) is 11.1 Å². The molecule has 247 valence electrons. The van der Waals surface area contributed by atoms with Crippen LogP contribution in [0.15, 0.2) is 103 Å². The van der Waals surface area contributed by atoms with Crippen LogP contribution in [0, 0.1) is 11.3 Å². The van der Waals surface area contributed by atoms with Crippen LogP contribution in [-0.4, -0.2) is 0 Å². The monoisotopic (exact) mass is 749 g/mol. The standard InChI is InChI=1S/C45H49.2ClH.Zr/c1-11-29-24-34(44(5,6)7)27-36(29)41-38-26-32-25-33(43(2,3)4)22-23-35(32)37(38)28-39(42(41)45(8,9)10)40(30-18-14-12-15-19-30)31-20-16-13-17-21-31;;;/h12-25,27-29H,11H2,1-10H3;2*1H;/q;;;+2/p-2. The van der Waals surface area contributed by atoms with Crippen molar-refractivity contribution >= 4 is 14.4 Å². The van der Waals surface area contributed by atoms with Crippen molar-refractivity contribution in [2.45, 2.75) is 86.5 Å². The van der Waals surface area contributed by atoms with E-state index < -0.39 is 0 Å². The summed E-state index contributed by atoms with van der Waals surface area (Å²) in [7, 11) is 0. The zero-order valence-corrected chi connectivity index (χ0v) is 34.2. The van der Waals surface area contributed by atoms with Crippen LogP contribution in [0.2, 0.25) is 0 Å². The Morgan fingerprint density at radius 3 is 1.69 bits per heavy atom. The van der Waals surface area contributed by atoms with E-state index in [-0.39, 0.29) is 41.1 Å². The summed E-state index contributed by atoms with van der Waals surface area (Å²) >= 11 is 1.48. The smallest absolute Gasteiger partial charge is 1.00 e. The number of fused-ring (bicyclic) bond motifs is 3. The van der Waals surface area contributed by atoms with E-state index in [0.717, 1.165) is 6.42 Å². The van der Waals surface area contributed by atoms with Crippen molar-refractivity contribution in [3.63, 3.8) is 0 Å². The van der Waals surface area contributed by atoms with E-state index in [1.807, 2.05) is 0 Å². The van der Waals surface area contributed by atoms with Crippen LogP contribution < -0.4 is 35.3 Å². The average molecular weight is 752 g/mol. The number of benzene rings is 4. The van der Waals surface area contributed by atoms with Crippen LogP contribution in [0.3, 0.4) is 0 Å². The fraction of sp³-hybridized carbons (Fsp3) is 0.333. The molecule has 2 aliphatic rings. The molecule has 4 aromatic rings. The third kappa shape index (κ3) is 6.95. The van der Waals surface area contributed by atoms with Crippen molar-refractivity contribution < 1.29 is 49.5 Å². The first-order valence-corrected chi connectivity index (χ1v) is 18.2. The first-order chi connectivity index (χ1) is 21.6. The Kier molecular flexibility index (Phi) is 11.2. The Labute approximate surface area is 317 Å². The molecule has 0 spiro atoms. The van der Waals surface area contributed by atoms with Gasteiger partial charge in [-0.3, -0.25) is 0 Å². The van der Waals surface area contributed by atoms with Gasteiger partial charge in [-0.2, -0.15) is 0 Å². The molecule has 4 aromatic carbocycles. The molecular formula is C45H49Cl2Zr. The maximum Gasteiger partial charge on any atom is -1.00 e. The molecule has 0 fully saturated rings. The first-order valence-electron chi connectivity index (χ1n) is 17.0. The summed E-state index contributed by atoms with van der Waals surface area (Å²) in [4.78, 5) is 0. The zero-order valence-electron chi connectivity index (χ0n) is 30.3. The fourth-order valence-electron chi connectivity index (χ4n) is 7.39. The van der Waals surface area contributed by atoms with E-state index >= 15 is 0 Å². The Morgan fingerprint density at radius 2 is 1.21 bits per heavy atom. The minimum Gasteiger partial charge on any atom is -1.00 e. The van der Waals surface area contributed by atoms with Crippen LogP contribution in [0.5, 0.6) is 0 Å². The van der Waals surface area contributed by atoms with Gasteiger partial charge in [0.15, 0.2) is 0 Å². The Bertz CT molecular complexity index is 1970. The van der Waals surface area contributed by atoms with Crippen molar-refractivity contribution in [2.75, 3.05) is 0 Å². The molecule has 0 saturated heterocycles. The summed E-state index contributed by atoms with van der Waals surface area (Å²) in [5, 5.41) is 2.83. The van der Waals surface area contributed by atoms with Gasteiger partial charge in [-0.1, -0.05) is 0 Å². The molecule has 0 aliphatic heterocycles. The molecule has 0 nitrogen and oxygen atoms in total. The van der Waals surface area contributed by atoms with Crippen LogP contribution in [0.25, 0.3) is 25.6 Å². The van der Waals surface area contributed by atoms with Gasteiger partial charge in [0.2, 0.25) is 0 Å². The van der Waals surface area contributed by atoms with E-state index in [1.54, 1.807) is 0 Å². The molecule has 48 heavy (non-hydrogen) atoms. The molecule has 0 heterocycles. The minimum atomic E-state index is -0.0974. The van der Waals surface area contributed by atoms with E-state index in [1.165, 1.54) is 99.7 Å². The number of halogens is 2. The number of hydrogen-bond acceptors (Lipinski definition) is 0. The van der Waals surface area contributed by atoms with E-state index in [0.29, 0.717) is 5.92 Å².